The number of ether oxygens (including phenoxy) is 2. The molecule has 0 radical (unpaired) electrons. The molecule has 1 aliphatic heterocycles. The molecule has 30 heavy (non-hydrogen) atoms. The first kappa shape index (κ1) is 20.0. The van der Waals surface area contributed by atoms with E-state index in [-0.39, 0.29) is 11.9 Å². The van der Waals surface area contributed by atoms with Gasteiger partial charge in [0.25, 0.3) is 5.91 Å². The summed E-state index contributed by atoms with van der Waals surface area (Å²) in [7, 11) is 3.13. The first-order valence-corrected chi connectivity index (χ1v) is 10.1. The van der Waals surface area contributed by atoms with Crippen LogP contribution in [0.5, 0.6) is 11.5 Å². The van der Waals surface area contributed by atoms with E-state index in [2.05, 4.69) is 29.6 Å². The monoisotopic (exact) mass is 407 g/mol. The molecule has 6 nitrogen and oxygen atoms in total. The topological polar surface area (TPSA) is 65.1 Å². The van der Waals surface area contributed by atoms with E-state index in [9.17, 15) is 4.79 Å². The Kier molecular flexibility index (Phi) is 6.05. The van der Waals surface area contributed by atoms with E-state index in [0.717, 1.165) is 25.3 Å². The van der Waals surface area contributed by atoms with Gasteiger partial charge in [-0.25, -0.2) is 0 Å². The lowest BCUT2D eigenvalue weighted by atomic mass is 9.98. The van der Waals surface area contributed by atoms with Crippen LogP contribution in [0.2, 0.25) is 0 Å². The molecule has 0 aliphatic carbocycles. The minimum Gasteiger partial charge on any atom is -0.497 e. The summed E-state index contributed by atoms with van der Waals surface area (Å²) in [6.45, 7) is 2.37. The molecule has 1 unspecified atom stereocenters. The fourth-order valence-electron chi connectivity index (χ4n) is 4.11. The number of fused-ring (bicyclic) bond motifs is 1. The van der Waals surface area contributed by atoms with Crippen molar-refractivity contribution in [3.63, 3.8) is 0 Å². The predicted octanol–water partition coefficient (Wildman–Crippen LogP) is 2.41. The molecule has 156 valence electrons. The standard InChI is InChI=1S/C24H26N2O4/c1-28-19-9-10-20(23(14-19)29-2)24(27)25-15-21(22-8-5-13-30-22)26-12-11-17-6-3-4-7-18(17)16-26/h3-10,13-14,21H,11-12,15-16H2,1-2H3,(H,25,27)/p+1/t21-/m1/s1. The van der Waals surface area contributed by atoms with Crippen molar-refractivity contribution in [1.29, 1.82) is 0 Å². The third kappa shape index (κ3) is 4.19. The van der Waals surface area contributed by atoms with Crippen molar-refractivity contribution in [3.8, 4) is 11.5 Å². The molecule has 1 aromatic heterocycles. The van der Waals surface area contributed by atoms with Crippen LogP contribution in [-0.4, -0.2) is 33.2 Å². The molecule has 2 atom stereocenters. The van der Waals surface area contributed by atoms with Crippen LogP contribution in [0.1, 0.15) is 33.3 Å². The van der Waals surface area contributed by atoms with Gasteiger partial charge in [-0.2, -0.15) is 0 Å². The lowest BCUT2D eigenvalue weighted by molar-refractivity contribution is -0.946. The highest BCUT2D eigenvalue weighted by atomic mass is 16.5. The summed E-state index contributed by atoms with van der Waals surface area (Å²) >= 11 is 0. The lowest BCUT2D eigenvalue weighted by Gasteiger charge is -2.31. The average Bonchev–Trinajstić information content (AvgIpc) is 3.33. The van der Waals surface area contributed by atoms with Crippen LogP contribution in [0.4, 0.5) is 0 Å². The number of carbonyl (C=O) groups excluding carboxylic acids is 1. The van der Waals surface area contributed by atoms with Crippen molar-refractivity contribution in [3.05, 3.63) is 83.3 Å². The number of hydrogen-bond donors (Lipinski definition) is 2. The number of rotatable bonds is 7. The van der Waals surface area contributed by atoms with Crippen LogP contribution < -0.4 is 19.7 Å². The van der Waals surface area contributed by atoms with Crippen molar-refractivity contribution in [2.45, 2.75) is 19.0 Å². The highest BCUT2D eigenvalue weighted by Crippen LogP contribution is 2.24. The summed E-state index contributed by atoms with van der Waals surface area (Å²) in [5.74, 6) is 1.84. The maximum Gasteiger partial charge on any atom is 0.255 e. The van der Waals surface area contributed by atoms with Crippen molar-refractivity contribution >= 4 is 5.91 Å². The Morgan fingerprint density at radius 1 is 1.10 bits per heavy atom. The van der Waals surface area contributed by atoms with Gasteiger partial charge in [-0.1, -0.05) is 24.3 Å². The van der Waals surface area contributed by atoms with Crippen LogP contribution in [0, 0.1) is 0 Å². The van der Waals surface area contributed by atoms with E-state index in [0.29, 0.717) is 23.6 Å². The van der Waals surface area contributed by atoms with Gasteiger partial charge in [0.2, 0.25) is 0 Å². The number of carbonyl (C=O) groups is 1. The Bertz CT molecular complexity index is 1000. The van der Waals surface area contributed by atoms with Gasteiger partial charge in [0.15, 0.2) is 11.8 Å². The number of nitrogens with one attached hydrogen (secondary N) is 2. The van der Waals surface area contributed by atoms with Gasteiger partial charge in [0, 0.05) is 18.1 Å². The van der Waals surface area contributed by atoms with Crippen LogP contribution >= 0.6 is 0 Å². The van der Waals surface area contributed by atoms with Gasteiger partial charge in [0.05, 0.1) is 39.1 Å². The van der Waals surface area contributed by atoms with E-state index >= 15 is 0 Å². The van der Waals surface area contributed by atoms with Crippen molar-refractivity contribution in [1.82, 2.24) is 5.32 Å². The van der Waals surface area contributed by atoms with E-state index < -0.39 is 0 Å². The molecule has 0 bridgehead atoms. The van der Waals surface area contributed by atoms with Gasteiger partial charge in [-0.3, -0.25) is 4.79 Å². The van der Waals surface area contributed by atoms with Crippen LogP contribution in [0.25, 0.3) is 0 Å². The van der Waals surface area contributed by atoms with Gasteiger partial charge in [-0.05, 0) is 29.8 Å². The number of methoxy groups -OCH3 is 2. The van der Waals surface area contributed by atoms with E-state index in [1.54, 1.807) is 38.7 Å². The second-order valence-electron chi connectivity index (χ2n) is 7.45. The Hall–Kier alpha value is -3.25. The van der Waals surface area contributed by atoms with Crippen LogP contribution in [-0.2, 0) is 13.0 Å². The fraction of sp³-hybridized carbons (Fsp3) is 0.292. The van der Waals surface area contributed by atoms with Gasteiger partial charge in [-0.15, -0.1) is 0 Å². The molecule has 1 amide bonds. The molecule has 6 heteroatoms. The SMILES string of the molecule is COc1ccc(C(=O)NC[C@H](c2ccco2)[NH+]2CCc3ccccc3C2)c(OC)c1. The largest absolute Gasteiger partial charge is 0.497 e. The number of quaternary nitrogens is 1. The Labute approximate surface area is 176 Å². The summed E-state index contributed by atoms with van der Waals surface area (Å²) in [4.78, 5) is 14.3. The number of hydrogen-bond acceptors (Lipinski definition) is 4. The second kappa shape index (κ2) is 9.05. The normalized spacial score (nSPS) is 16.4. The predicted molar refractivity (Wildman–Crippen MR) is 113 cm³/mol. The third-order valence-electron chi connectivity index (χ3n) is 5.75. The van der Waals surface area contributed by atoms with Gasteiger partial charge < -0.3 is 24.1 Å². The fourth-order valence-corrected chi connectivity index (χ4v) is 4.11. The molecule has 2 aromatic carbocycles. The summed E-state index contributed by atoms with van der Waals surface area (Å²) in [6.07, 6.45) is 2.71. The quantitative estimate of drug-likeness (QED) is 0.631. The molecule has 1 aliphatic rings. The Morgan fingerprint density at radius 2 is 1.93 bits per heavy atom. The summed E-state index contributed by atoms with van der Waals surface area (Å²) in [5.41, 5.74) is 3.25. The highest BCUT2D eigenvalue weighted by Gasteiger charge is 2.31. The van der Waals surface area contributed by atoms with Crippen LogP contribution in [0.3, 0.4) is 0 Å². The third-order valence-corrected chi connectivity index (χ3v) is 5.75. The maximum absolute atomic E-state index is 12.9. The minimum atomic E-state index is -0.178. The Morgan fingerprint density at radius 3 is 2.67 bits per heavy atom. The first-order chi connectivity index (χ1) is 14.7. The molecule has 0 saturated heterocycles. The molecule has 3 aromatic rings. The van der Waals surface area contributed by atoms with E-state index in [1.807, 2.05) is 12.1 Å². The zero-order chi connectivity index (χ0) is 20.9. The van der Waals surface area contributed by atoms with E-state index in [4.69, 9.17) is 13.9 Å². The first-order valence-electron chi connectivity index (χ1n) is 10.1. The molecule has 2 heterocycles. The molecular formula is C24H27N2O4+. The maximum atomic E-state index is 12.9. The molecular weight excluding hydrogens is 380 g/mol. The zero-order valence-corrected chi connectivity index (χ0v) is 17.3. The lowest BCUT2D eigenvalue weighted by Crippen LogP contribution is -3.12. The van der Waals surface area contributed by atoms with Gasteiger partial charge >= 0.3 is 0 Å². The minimum absolute atomic E-state index is 0.0292. The van der Waals surface area contributed by atoms with Crippen molar-refractivity contribution < 1.29 is 23.6 Å². The highest BCUT2D eigenvalue weighted by molar-refractivity contribution is 5.97. The van der Waals surface area contributed by atoms with Crippen molar-refractivity contribution in [2.24, 2.45) is 0 Å². The summed E-state index contributed by atoms with van der Waals surface area (Å²) in [5, 5.41) is 3.08. The molecule has 4 rings (SSSR count). The molecule has 0 fully saturated rings. The summed E-state index contributed by atoms with van der Waals surface area (Å²) < 4.78 is 16.3. The van der Waals surface area contributed by atoms with E-state index in [1.165, 1.54) is 16.0 Å². The molecule has 2 N–H and O–H groups in total. The smallest absolute Gasteiger partial charge is 0.255 e. The van der Waals surface area contributed by atoms with Crippen molar-refractivity contribution in [2.75, 3.05) is 27.3 Å². The molecule has 0 saturated carbocycles. The number of amides is 1. The number of furan rings is 1. The number of benzene rings is 2. The average molecular weight is 407 g/mol. The van der Waals surface area contributed by atoms with Crippen LogP contribution in [0.15, 0.2) is 65.3 Å². The Balaban J connectivity index is 1.51. The van der Waals surface area contributed by atoms with Gasteiger partial charge in [0.1, 0.15) is 18.0 Å². The molecule has 0 spiro atoms. The second-order valence-corrected chi connectivity index (χ2v) is 7.45. The summed E-state index contributed by atoms with van der Waals surface area (Å²) in [6, 6.07) is 17.7. The zero-order valence-electron chi connectivity index (χ0n) is 17.3.